The van der Waals surface area contributed by atoms with Gasteiger partial charge in [-0.15, -0.1) is 0 Å². The Morgan fingerprint density at radius 2 is 2.00 bits per heavy atom. The van der Waals surface area contributed by atoms with Crippen molar-refractivity contribution in [2.45, 2.75) is 26.2 Å². The Labute approximate surface area is 99.6 Å². The first-order chi connectivity index (χ1) is 7.66. The summed E-state index contributed by atoms with van der Waals surface area (Å²) in [7, 11) is 0. The molecule has 2 heterocycles. The number of hydrogen-bond donors (Lipinski definition) is 0. The van der Waals surface area contributed by atoms with E-state index in [2.05, 4.69) is 9.97 Å². The molecule has 0 unspecified atom stereocenters. The van der Waals surface area contributed by atoms with Gasteiger partial charge < -0.3 is 4.90 Å². The fraction of sp³-hybridized carbons (Fsp3) is 0.545. The molecule has 0 atom stereocenters. The van der Waals surface area contributed by atoms with Crippen molar-refractivity contribution in [1.29, 1.82) is 0 Å². The molecule has 0 aliphatic carbocycles. The van der Waals surface area contributed by atoms with Gasteiger partial charge in [-0.05, 0) is 26.2 Å². The lowest BCUT2D eigenvalue weighted by atomic mass is 10.1. The molecule has 1 fully saturated rings. The number of aryl methyl sites for hydroxylation is 1. The van der Waals surface area contributed by atoms with Gasteiger partial charge in [0.1, 0.15) is 16.7 Å². The maximum Gasteiger partial charge on any atom is 0.272 e. The van der Waals surface area contributed by atoms with E-state index in [0.29, 0.717) is 16.7 Å². The summed E-state index contributed by atoms with van der Waals surface area (Å²) >= 11 is 5.81. The molecule has 2 rings (SSSR count). The number of piperidine rings is 1. The summed E-state index contributed by atoms with van der Waals surface area (Å²) in [4.78, 5) is 22.0. The van der Waals surface area contributed by atoms with Gasteiger partial charge in [-0.2, -0.15) is 0 Å². The maximum atomic E-state index is 12.1. The summed E-state index contributed by atoms with van der Waals surface area (Å²) in [6, 6.07) is 1.53. The normalized spacial score (nSPS) is 16.2. The van der Waals surface area contributed by atoms with Crippen LogP contribution in [-0.2, 0) is 0 Å². The van der Waals surface area contributed by atoms with Gasteiger partial charge in [0.15, 0.2) is 0 Å². The molecule has 0 bridgehead atoms. The van der Waals surface area contributed by atoms with Crippen LogP contribution in [0.25, 0.3) is 0 Å². The number of halogens is 1. The van der Waals surface area contributed by atoms with Crippen LogP contribution in [0.3, 0.4) is 0 Å². The number of carbonyl (C=O) groups is 1. The second-order valence-electron chi connectivity index (χ2n) is 3.98. The first kappa shape index (κ1) is 11.3. The Hall–Kier alpha value is -1.16. The summed E-state index contributed by atoms with van der Waals surface area (Å²) in [6.45, 7) is 3.37. The van der Waals surface area contributed by atoms with Crippen LogP contribution in [0.1, 0.15) is 35.6 Å². The van der Waals surface area contributed by atoms with E-state index >= 15 is 0 Å². The number of aromatic nitrogens is 2. The van der Waals surface area contributed by atoms with Crippen LogP contribution < -0.4 is 0 Å². The van der Waals surface area contributed by atoms with Gasteiger partial charge in [0.05, 0.1) is 0 Å². The molecule has 0 radical (unpaired) electrons. The van der Waals surface area contributed by atoms with Gasteiger partial charge in [-0.3, -0.25) is 4.79 Å². The lowest BCUT2D eigenvalue weighted by molar-refractivity contribution is 0.0718. The number of carbonyl (C=O) groups excluding carboxylic acids is 1. The van der Waals surface area contributed by atoms with Crippen molar-refractivity contribution in [3.8, 4) is 0 Å². The molecule has 0 N–H and O–H groups in total. The molecular weight excluding hydrogens is 226 g/mol. The third-order valence-corrected chi connectivity index (χ3v) is 2.86. The van der Waals surface area contributed by atoms with Crippen LogP contribution >= 0.6 is 11.6 Å². The quantitative estimate of drug-likeness (QED) is 0.705. The smallest absolute Gasteiger partial charge is 0.272 e. The van der Waals surface area contributed by atoms with Crippen molar-refractivity contribution in [2.75, 3.05) is 13.1 Å². The third kappa shape index (κ3) is 2.50. The van der Waals surface area contributed by atoms with Crippen LogP contribution in [0.5, 0.6) is 0 Å². The topological polar surface area (TPSA) is 46.1 Å². The first-order valence-corrected chi connectivity index (χ1v) is 5.85. The Morgan fingerprint density at radius 1 is 1.31 bits per heavy atom. The van der Waals surface area contributed by atoms with Crippen LogP contribution in [0.4, 0.5) is 0 Å². The molecule has 0 aromatic carbocycles. The van der Waals surface area contributed by atoms with Crippen molar-refractivity contribution in [1.82, 2.24) is 14.9 Å². The number of likely N-dealkylation sites (tertiary alicyclic amines) is 1. The SMILES string of the molecule is Cc1nc(Cl)cc(C(=O)N2CCCCC2)n1. The van der Waals surface area contributed by atoms with E-state index < -0.39 is 0 Å². The number of nitrogens with zero attached hydrogens (tertiary/aromatic N) is 3. The average molecular weight is 240 g/mol. The van der Waals surface area contributed by atoms with Crippen molar-refractivity contribution in [2.24, 2.45) is 0 Å². The second-order valence-corrected chi connectivity index (χ2v) is 4.36. The van der Waals surface area contributed by atoms with Crippen LogP contribution in [0.2, 0.25) is 5.15 Å². The van der Waals surface area contributed by atoms with E-state index in [4.69, 9.17) is 11.6 Å². The van der Waals surface area contributed by atoms with Gasteiger partial charge in [-0.25, -0.2) is 9.97 Å². The van der Waals surface area contributed by atoms with Gasteiger partial charge in [0.25, 0.3) is 5.91 Å². The summed E-state index contributed by atoms with van der Waals surface area (Å²) in [6.07, 6.45) is 3.35. The lowest BCUT2D eigenvalue weighted by Crippen LogP contribution is -2.36. The summed E-state index contributed by atoms with van der Waals surface area (Å²) in [5, 5.41) is 0.327. The van der Waals surface area contributed by atoms with Crippen molar-refractivity contribution in [3.05, 3.63) is 22.7 Å². The molecule has 0 saturated carbocycles. The van der Waals surface area contributed by atoms with E-state index in [0.717, 1.165) is 25.9 Å². The number of hydrogen-bond acceptors (Lipinski definition) is 3. The molecule has 1 amide bonds. The van der Waals surface area contributed by atoms with Gasteiger partial charge in [-0.1, -0.05) is 11.6 Å². The van der Waals surface area contributed by atoms with E-state index in [1.807, 2.05) is 4.90 Å². The standard InChI is InChI=1S/C11H14ClN3O/c1-8-13-9(7-10(12)14-8)11(16)15-5-3-2-4-6-15/h7H,2-6H2,1H3. The molecule has 1 aliphatic heterocycles. The van der Waals surface area contributed by atoms with Crippen molar-refractivity contribution >= 4 is 17.5 Å². The fourth-order valence-corrected chi connectivity index (χ4v) is 2.13. The lowest BCUT2D eigenvalue weighted by Gasteiger charge is -2.26. The van der Waals surface area contributed by atoms with E-state index in [1.165, 1.54) is 12.5 Å². The van der Waals surface area contributed by atoms with Crippen molar-refractivity contribution < 1.29 is 4.79 Å². The molecule has 1 aromatic heterocycles. The predicted octanol–water partition coefficient (Wildman–Crippen LogP) is 2.06. The molecule has 5 heteroatoms. The minimum atomic E-state index is -0.0351. The highest BCUT2D eigenvalue weighted by Gasteiger charge is 2.19. The summed E-state index contributed by atoms with van der Waals surface area (Å²) in [5.41, 5.74) is 0.402. The minimum Gasteiger partial charge on any atom is -0.337 e. The number of amides is 1. The van der Waals surface area contributed by atoms with Gasteiger partial charge in [0, 0.05) is 19.2 Å². The fourth-order valence-electron chi connectivity index (χ4n) is 1.90. The minimum absolute atomic E-state index is 0.0351. The van der Waals surface area contributed by atoms with E-state index in [1.54, 1.807) is 6.92 Å². The molecule has 16 heavy (non-hydrogen) atoms. The summed E-state index contributed by atoms with van der Waals surface area (Å²) in [5.74, 6) is 0.500. The Kier molecular flexibility index (Phi) is 3.39. The van der Waals surface area contributed by atoms with E-state index in [-0.39, 0.29) is 5.91 Å². The van der Waals surface area contributed by atoms with E-state index in [9.17, 15) is 4.79 Å². The van der Waals surface area contributed by atoms with Crippen LogP contribution in [-0.4, -0.2) is 33.9 Å². The maximum absolute atomic E-state index is 12.1. The predicted molar refractivity (Wildman–Crippen MR) is 61.5 cm³/mol. The average Bonchev–Trinajstić information content (AvgIpc) is 2.28. The van der Waals surface area contributed by atoms with Crippen LogP contribution in [0.15, 0.2) is 6.07 Å². The zero-order valence-corrected chi connectivity index (χ0v) is 10.00. The zero-order valence-electron chi connectivity index (χ0n) is 9.24. The number of rotatable bonds is 1. The Balaban J connectivity index is 2.19. The molecular formula is C11H14ClN3O. The highest BCUT2D eigenvalue weighted by Crippen LogP contribution is 2.14. The second kappa shape index (κ2) is 4.78. The molecule has 1 aliphatic rings. The van der Waals surface area contributed by atoms with Crippen molar-refractivity contribution in [3.63, 3.8) is 0 Å². The molecule has 0 spiro atoms. The highest BCUT2D eigenvalue weighted by atomic mass is 35.5. The van der Waals surface area contributed by atoms with Gasteiger partial charge >= 0.3 is 0 Å². The monoisotopic (exact) mass is 239 g/mol. The molecule has 1 saturated heterocycles. The third-order valence-electron chi connectivity index (χ3n) is 2.67. The summed E-state index contributed by atoms with van der Waals surface area (Å²) < 4.78 is 0. The zero-order chi connectivity index (χ0) is 11.5. The largest absolute Gasteiger partial charge is 0.337 e. The molecule has 1 aromatic rings. The highest BCUT2D eigenvalue weighted by molar-refractivity contribution is 6.29. The Bertz CT molecular complexity index is 382. The van der Waals surface area contributed by atoms with Gasteiger partial charge in [0.2, 0.25) is 0 Å². The first-order valence-electron chi connectivity index (χ1n) is 5.47. The molecule has 4 nitrogen and oxygen atoms in total. The van der Waals surface area contributed by atoms with Crippen LogP contribution in [0, 0.1) is 6.92 Å². The molecule has 86 valence electrons. The Morgan fingerprint density at radius 3 is 2.62 bits per heavy atom.